The summed E-state index contributed by atoms with van der Waals surface area (Å²) in [5.41, 5.74) is 2.14. The maximum Gasteiger partial charge on any atom is 0.320 e. The van der Waals surface area contributed by atoms with E-state index in [1.807, 2.05) is 66.7 Å². The highest BCUT2D eigenvalue weighted by atomic mass is 16.5. The molecule has 0 bridgehead atoms. The van der Waals surface area contributed by atoms with Gasteiger partial charge in [0.25, 0.3) is 0 Å². The molecule has 32 heavy (non-hydrogen) atoms. The van der Waals surface area contributed by atoms with E-state index in [1.165, 1.54) is 14.2 Å². The van der Waals surface area contributed by atoms with Crippen molar-refractivity contribution in [1.29, 1.82) is 0 Å². The molecule has 0 fully saturated rings. The molecule has 0 radical (unpaired) electrons. The number of esters is 2. The maximum atomic E-state index is 13.8. The molecule has 3 aromatic rings. The lowest BCUT2D eigenvalue weighted by Gasteiger charge is -2.31. The average Bonchev–Trinajstić information content (AvgIpc) is 2.86. The van der Waals surface area contributed by atoms with Gasteiger partial charge in [0.15, 0.2) is 11.7 Å². The van der Waals surface area contributed by atoms with Crippen LogP contribution >= 0.6 is 0 Å². The molecule has 0 saturated carbocycles. The molecule has 0 saturated heterocycles. The van der Waals surface area contributed by atoms with E-state index in [0.29, 0.717) is 17.5 Å². The second-order valence-corrected chi connectivity index (χ2v) is 7.49. The number of carbonyl (C=O) groups is 3. The number of rotatable bonds is 9. The molecule has 0 heterocycles. The van der Waals surface area contributed by atoms with Crippen molar-refractivity contribution in [1.82, 2.24) is 0 Å². The van der Waals surface area contributed by atoms with Crippen LogP contribution in [0, 0.1) is 11.8 Å². The van der Waals surface area contributed by atoms with Gasteiger partial charge in [0.1, 0.15) is 0 Å². The summed E-state index contributed by atoms with van der Waals surface area (Å²) in [6.45, 7) is 0. The topological polar surface area (TPSA) is 69.7 Å². The van der Waals surface area contributed by atoms with E-state index in [-0.39, 0.29) is 5.78 Å². The molecule has 164 valence electrons. The van der Waals surface area contributed by atoms with Crippen molar-refractivity contribution in [3.63, 3.8) is 0 Å². The van der Waals surface area contributed by atoms with Gasteiger partial charge in [-0.2, -0.15) is 0 Å². The van der Waals surface area contributed by atoms with E-state index >= 15 is 0 Å². The normalized spacial score (nSPS) is 12.6. The van der Waals surface area contributed by atoms with E-state index in [1.54, 1.807) is 24.3 Å². The quantitative estimate of drug-likeness (QED) is 0.285. The van der Waals surface area contributed by atoms with Gasteiger partial charge in [-0.05, 0) is 17.5 Å². The van der Waals surface area contributed by atoms with Crippen LogP contribution in [0.3, 0.4) is 0 Å². The second kappa shape index (κ2) is 11.0. The standard InChI is InChI=1S/C27H26O5/c1-31-26(29)24(27(30)32-2)23(20-14-8-4-9-15-20)22(18-19-12-6-3-7-13-19)25(28)21-16-10-5-11-17-21/h3-17,22-24H,18H2,1-2H3/t22-,23+/m1/s1. The molecule has 0 aliphatic rings. The average molecular weight is 431 g/mol. The molecule has 0 aliphatic carbocycles. The van der Waals surface area contributed by atoms with Crippen LogP contribution in [0.5, 0.6) is 0 Å². The van der Waals surface area contributed by atoms with Crippen LogP contribution in [0.4, 0.5) is 0 Å². The van der Waals surface area contributed by atoms with Crippen molar-refractivity contribution in [2.45, 2.75) is 12.3 Å². The van der Waals surface area contributed by atoms with E-state index in [0.717, 1.165) is 5.56 Å². The van der Waals surface area contributed by atoms with Crippen LogP contribution < -0.4 is 0 Å². The molecule has 0 aliphatic heterocycles. The van der Waals surface area contributed by atoms with Crippen molar-refractivity contribution in [3.8, 4) is 0 Å². The summed E-state index contributed by atoms with van der Waals surface area (Å²) in [6.07, 6.45) is 0.346. The Bertz CT molecular complexity index is 1020. The summed E-state index contributed by atoms with van der Waals surface area (Å²) in [7, 11) is 2.46. The Labute approximate surface area is 188 Å². The fraction of sp³-hybridized carbons (Fsp3) is 0.222. The lowest BCUT2D eigenvalue weighted by Crippen LogP contribution is -2.39. The minimum Gasteiger partial charge on any atom is -0.468 e. The van der Waals surface area contributed by atoms with Crippen LogP contribution in [0.15, 0.2) is 91.0 Å². The zero-order valence-corrected chi connectivity index (χ0v) is 18.1. The first-order valence-corrected chi connectivity index (χ1v) is 10.4. The minimum absolute atomic E-state index is 0.152. The minimum atomic E-state index is -1.28. The van der Waals surface area contributed by atoms with Gasteiger partial charge in [-0.25, -0.2) is 0 Å². The molecule has 0 aromatic heterocycles. The highest BCUT2D eigenvalue weighted by Crippen LogP contribution is 2.38. The third-order valence-corrected chi connectivity index (χ3v) is 5.58. The largest absolute Gasteiger partial charge is 0.468 e. The van der Waals surface area contributed by atoms with Gasteiger partial charge < -0.3 is 9.47 Å². The fourth-order valence-corrected chi connectivity index (χ4v) is 4.04. The van der Waals surface area contributed by atoms with Crippen LogP contribution in [0.25, 0.3) is 0 Å². The monoisotopic (exact) mass is 430 g/mol. The summed E-state index contributed by atoms with van der Waals surface area (Å²) in [6, 6.07) is 27.6. The Morgan fingerprint density at radius 1 is 0.688 bits per heavy atom. The Kier molecular flexibility index (Phi) is 7.92. The molecule has 3 aromatic carbocycles. The van der Waals surface area contributed by atoms with Crippen LogP contribution in [0.2, 0.25) is 0 Å². The van der Waals surface area contributed by atoms with Crippen molar-refractivity contribution >= 4 is 17.7 Å². The number of benzene rings is 3. The lowest BCUT2D eigenvalue weighted by molar-refractivity contribution is -0.160. The summed E-state index contributed by atoms with van der Waals surface area (Å²) in [5.74, 6) is -4.38. The predicted molar refractivity (Wildman–Crippen MR) is 121 cm³/mol. The van der Waals surface area contributed by atoms with Crippen LogP contribution in [-0.2, 0) is 25.5 Å². The summed E-state index contributed by atoms with van der Waals surface area (Å²) < 4.78 is 9.95. The Morgan fingerprint density at radius 2 is 1.16 bits per heavy atom. The number of ketones is 1. The predicted octanol–water partition coefficient (Wildman–Crippen LogP) is 4.47. The van der Waals surface area contributed by atoms with Crippen molar-refractivity contribution in [2.75, 3.05) is 14.2 Å². The van der Waals surface area contributed by atoms with Crippen LogP contribution in [0.1, 0.15) is 27.4 Å². The van der Waals surface area contributed by atoms with E-state index in [9.17, 15) is 14.4 Å². The lowest BCUT2D eigenvalue weighted by atomic mass is 9.71. The SMILES string of the molecule is COC(=O)C(C(=O)OC)[C@@H](c1ccccc1)[C@@H](Cc1ccccc1)C(=O)c1ccccc1. The molecule has 0 spiro atoms. The number of Topliss-reactive ketones (excluding diaryl/α,β-unsaturated/α-hetero) is 1. The first kappa shape index (κ1) is 22.9. The molecule has 0 N–H and O–H groups in total. The first-order valence-electron chi connectivity index (χ1n) is 10.4. The fourth-order valence-electron chi connectivity index (χ4n) is 4.04. The number of hydrogen-bond acceptors (Lipinski definition) is 5. The molecule has 0 unspecified atom stereocenters. The Balaban J connectivity index is 2.18. The van der Waals surface area contributed by atoms with Gasteiger partial charge in [-0.3, -0.25) is 14.4 Å². The molecular weight excluding hydrogens is 404 g/mol. The third-order valence-electron chi connectivity index (χ3n) is 5.58. The first-order chi connectivity index (χ1) is 15.6. The molecule has 3 rings (SSSR count). The van der Waals surface area contributed by atoms with Gasteiger partial charge in [0, 0.05) is 17.4 Å². The van der Waals surface area contributed by atoms with Crippen LogP contribution in [-0.4, -0.2) is 31.9 Å². The van der Waals surface area contributed by atoms with Gasteiger partial charge in [-0.1, -0.05) is 91.0 Å². The number of methoxy groups -OCH3 is 2. The van der Waals surface area contributed by atoms with Gasteiger partial charge in [-0.15, -0.1) is 0 Å². The zero-order chi connectivity index (χ0) is 22.9. The van der Waals surface area contributed by atoms with E-state index < -0.39 is 29.7 Å². The number of ether oxygens (including phenoxy) is 2. The third kappa shape index (κ3) is 5.30. The van der Waals surface area contributed by atoms with Crippen molar-refractivity contribution in [2.24, 2.45) is 11.8 Å². The summed E-state index contributed by atoms with van der Waals surface area (Å²) in [5, 5.41) is 0. The Morgan fingerprint density at radius 3 is 1.66 bits per heavy atom. The highest BCUT2D eigenvalue weighted by Gasteiger charge is 2.44. The zero-order valence-electron chi connectivity index (χ0n) is 18.1. The second-order valence-electron chi connectivity index (χ2n) is 7.49. The maximum absolute atomic E-state index is 13.8. The summed E-state index contributed by atoms with van der Waals surface area (Å²) >= 11 is 0. The van der Waals surface area contributed by atoms with Crippen molar-refractivity contribution in [3.05, 3.63) is 108 Å². The molecule has 0 amide bonds. The molecule has 5 nitrogen and oxygen atoms in total. The molecular formula is C27H26O5. The van der Waals surface area contributed by atoms with Gasteiger partial charge >= 0.3 is 11.9 Å². The highest BCUT2D eigenvalue weighted by molar-refractivity contribution is 6.01. The molecule has 2 atom stereocenters. The van der Waals surface area contributed by atoms with E-state index in [4.69, 9.17) is 9.47 Å². The summed E-state index contributed by atoms with van der Waals surface area (Å²) in [4.78, 5) is 39.4. The smallest absolute Gasteiger partial charge is 0.320 e. The van der Waals surface area contributed by atoms with Gasteiger partial charge in [0.2, 0.25) is 0 Å². The Hall–Kier alpha value is -3.73. The van der Waals surface area contributed by atoms with E-state index in [2.05, 4.69) is 0 Å². The molecule has 5 heteroatoms. The van der Waals surface area contributed by atoms with Crippen molar-refractivity contribution < 1.29 is 23.9 Å². The number of hydrogen-bond donors (Lipinski definition) is 0. The number of carbonyl (C=O) groups excluding carboxylic acids is 3. The van der Waals surface area contributed by atoms with Gasteiger partial charge in [0.05, 0.1) is 14.2 Å².